The van der Waals surface area contributed by atoms with Crippen LogP contribution in [0.5, 0.6) is 0 Å². The molecule has 0 N–H and O–H groups in total. The smallest absolute Gasteiger partial charge is 0.303 e. The van der Waals surface area contributed by atoms with E-state index in [1.165, 1.54) is 6.92 Å². The van der Waals surface area contributed by atoms with Crippen molar-refractivity contribution >= 4 is 5.97 Å². The molecule has 17 heavy (non-hydrogen) atoms. The molecule has 0 aromatic rings. The molecule has 0 radical (unpaired) electrons. The van der Waals surface area contributed by atoms with E-state index in [9.17, 15) is 4.79 Å². The van der Waals surface area contributed by atoms with Gasteiger partial charge in [-0.05, 0) is 0 Å². The van der Waals surface area contributed by atoms with Gasteiger partial charge in [0, 0.05) is 28.3 Å². The Balaban J connectivity index is 2.77. The maximum Gasteiger partial charge on any atom is 0.303 e. The number of methoxy groups -OCH3 is 3. The molecule has 1 aliphatic heterocycles. The van der Waals surface area contributed by atoms with Gasteiger partial charge >= 0.3 is 5.97 Å². The van der Waals surface area contributed by atoms with Crippen molar-refractivity contribution in [1.82, 2.24) is 0 Å². The van der Waals surface area contributed by atoms with E-state index in [2.05, 4.69) is 0 Å². The molecule has 0 aromatic heterocycles. The van der Waals surface area contributed by atoms with Crippen molar-refractivity contribution in [3.8, 4) is 0 Å². The highest BCUT2D eigenvalue weighted by Gasteiger charge is 2.43. The second-order valence-corrected chi connectivity index (χ2v) is 3.88. The average Bonchev–Trinajstić information content (AvgIpc) is 2.30. The van der Waals surface area contributed by atoms with Gasteiger partial charge in [-0.15, -0.1) is 0 Å². The Labute approximate surface area is 101 Å². The topological polar surface area (TPSA) is 63.2 Å². The molecule has 1 rings (SSSR count). The van der Waals surface area contributed by atoms with E-state index in [1.54, 1.807) is 21.3 Å². The van der Waals surface area contributed by atoms with Gasteiger partial charge in [-0.25, -0.2) is 0 Å². The lowest BCUT2D eigenvalue weighted by atomic mass is 10.00. The number of rotatable bonds is 5. The van der Waals surface area contributed by atoms with Gasteiger partial charge in [-0.1, -0.05) is 0 Å². The largest absolute Gasteiger partial charge is 0.457 e. The van der Waals surface area contributed by atoms with E-state index < -0.39 is 6.10 Å². The molecule has 1 fully saturated rings. The minimum atomic E-state index is -0.517. The Kier molecular flexibility index (Phi) is 5.84. The molecule has 4 atom stereocenters. The lowest BCUT2D eigenvalue weighted by molar-refractivity contribution is -0.224. The average molecular weight is 248 g/mol. The zero-order valence-corrected chi connectivity index (χ0v) is 10.7. The van der Waals surface area contributed by atoms with Crippen LogP contribution in [0.2, 0.25) is 0 Å². The molecule has 6 nitrogen and oxygen atoms in total. The number of esters is 1. The fourth-order valence-corrected chi connectivity index (χ4v) is 1.96. The van der Waals surface area contributed by atoms with Crippen molar-refractivity contribution in [1.29, 1.82) is 0 Å². The summed E-state index contributed by atoms with van der Waals surface area (Å²) in [6.07, 6.45) is -1.45. The summed E-state index contributed by atoms with van der Waals surface area (Å²) in [6.45, 7) is 2.09. The van der Waals surface area contributed by atoms with Crippen molar-refractivity contribution in [2.24, 2.45) is 0 Å². The van der Waals surface area contributed by atoms with E-state index in [1.807, 2.05) is 0 Å². The minimum Gasteiger partial charge on any atom is -0.457 e. The third-order valence-electron chi connectivity index (χ3n) is 2.74. The first kappa shape index (κ1) is 14.4. The van der Waals surface area contributed by atoms with Crippen LogP contribution in [0.3, 0.4) is 0 Å². The SMILES string of the molecule is COC[C@@H]1OC[C@@H](OC)[C@@H](OC)[C@H]1OC(C)=O. The van der Waals surface area contributed by atoms with Gasteiger partial charge in [0.25, 0.3) is 0 Å². The normalized spacial score (nSPS) is 33.4. The highest BCUT2D eigenvalue weighted by atomic mass is 16.6. The second-order valence-electron chi connectivity index (χ2n) is 3.88. The molecule has 0 bridgehead atoms. The van der Waals surface area contributed by atoms with Crippen LogP contribution in [0.4, 0.5) is 0 Å². The molecule has 6 heteroatoms. The van der Waals surface area contributed by atoms with Gasteiger partial charge < -0.3 is 23.7 Å². The molecule has 0 unspecified atom stereocenters. The van der Waals surface area contributed by atoms with E-state index in [0.717, 1.165) is 0 Å². The highest BCUT2D eigenvalue weighted by molar-refractivity contribution is 5.66. The molecule has 100 valence electrons. The molecular weight excluding hydrogens is 228 g/mol. The fourth-order valence-electron chi connectivity index (χ4n) is 1.96. The summed E-state index contributed by atoms with van der Waals surface area (Å²) < 4.78 is 26.4. The molecule has 0 saturated carbocycles. The van der Waals surface area contributed by atoms with Crippen LogP contribution in [0.25, 0.3) is 0 Å². The summed E-state index contributed by atoms with van der Waals surface area (Å²) in [5.74, 6) is -0.376. The third kappa shape index (κ3) is 3.64. The minimum absolute atomic E-state index is 0.252. The zero-order valence-electron chi connectivity index (χ0n) is 10.7. The van der Waals surface area contributed by atoms with E-state index >= 15 is 0 Å². The molecular formula is C11H20O6. The van der Waals surface area contributed by atoms with Crippen molar-refractivity contribution in [2.75, 3.05) is 34.5 Å². The third-order valence-corrected chi connectivity index (χ3v) is 2.74. The predicted molar refractivity (Wildman–Crippen MR) is 58.8 cm³/mol. The van der Waals surface area contributed by atoms with Crippen LogP contribution >= 0.6 is 0 Å². The summed E-state index contributed by atoms with van der Waals surface area (Å²) in [5.41, 5.74) is 0. The number of hydrogen-bond donors (Lipinski definition) is 0. The predicted octanol–water partition coefficient (Wildman–Crippen LogP) is -0.00670. The van der Waals surface area contributed by atoms with Crippen LogP contribution < -0.4 is 0 Å². The number of carbonyl (C=O) groups excluding carboxylic acids is 1. The molecule has 0 amide bonds. The van der Waals surface area contributed by atoms with Crippen LogP contribution in [-0.4, -0.2) is 64.9 Å². The van der Waals surface area contributed by atoms with Crippen molar-refractivity contribution in [3.63, 3.8) is 0 Å². The maximum atomic E-state index is 11.1. The Morgan fingerprint density at radius 1 is 1.24 bits per heavy atom. The molecule has 1 saturated heterocycles. The monoisotopic (exact) mass is 248 g/mol. The van der Waals surface area contributed by atoms with Gasteiger partial charge in [0.15, 0.2) is 6.10 Å². The Hall–Kier alpha value is -0.690. The van der Waals surface area contributed by atoms with Crippen molar-refractivity contribution in [2.45, 2.75) is 31.3 Å². The summed E-state index contributed by atoms with van der Waals surface area (Å²) >= 11 is 0. The standard InChI is InChI=1S/C11H20O6/c1-7(12)17-11-9(5-13-2)16-6-8(14-3)10(11)15-4/h8-11H,5-6H2,1-4H3/t8-,9+,10-,11+/m1/s1. The van der Waals surface area contributed by atoms with Crippen LogP contribution in [-0.2, 0) is 28.5 Å². The van der Waals surface area contributed by atoms with Gasteiger partial charge in [-0.2, -0.15) is 0 Å². The van der Waals surface area contributed by atoms with Crippen molar-refractivity contribution < 1.29 is 28.5 Å². The highest BCUT2D eigenvalue weighted by Crippen LogP contribution is 2.23. The fraction of sp³-hybridized carbons (Fsp3) is 0.909. The lowest BCUT2D eigenvalue weighted by Gasteiger charge is -2.40. The Morgan fingerprint density at radius 2 is 1.94 bits per heavy atom. The molecule has 0 aromatic carbocycles. The molecule has 1 aliphatic rings. The van der Waals surface area contributed by atoms with Crippen molar-refractivity contribution in [3.05, 3.63) is 0 Å². The van der Waals surface area contributed by atoms with Crippen LogP contribution in [0.15, 0.2) is 0 Å². The number of hydrogen-bond acceptors (Lipinski definition) is 6. The summed E-state index contributed by atoms with van der Waals surface area (Å²) in [5, 5.41) is 0. The lowest BCUT2D eigenvalue weighted by Crippen LogP contribution is -2.57. The van der Waals surface area contributed by atoms with Gasteiger partial charge in [-0.3, -0.25) is 4.79 Å². The van der Waals surface area contributed by atoms with Gasteiger partial charge in [0.05, 0.1) is 13.2 Å². The van der Waals surface area contributed by atoms with E-state index in [4.69, 9.17) is 23.7 Å². The number of ether oxygens (including phenoxy) is 5. The van der Waals surface area contributed by atoms with E-state index in [-0.39, 0.29) is 24.3 Å². The quantitative estimate of drug-likeness (QED) is 0.638. The molecule has 0 aliphatic carbocycles. The second kappa shape index (κ2) is 6.90. The summed E-state index contributed by atoms with van der Waals surface area (Å²) in [4.78, 5) is 11.1. The van der Waals surface area contributed by atoms with Gasteiger partial charge in [0.2, 0.25) is 0 Å². The zero-order chi connectivity index (χ0) is 12.8. The van der Waals surface area contributed by atoms with Crippen LogP contribution in [0, 0.1) is 0 Å². The Bertz CT molecular complexity index is 244. The van der Waals surface area contributed by atoms with Crippen LogP contribution in [0.1, 0.15) is 6.92 Å². The molecule has 1 heterocycles. The summed E-state index contributed by atoms with van der Waals surface area (Å²) in [7, 11) is 4.70. The number of carbonyl (C=O) groups is 1. The first-order chi connectivity index (χ1) is 8.13. The van der Waals surface area contributed by atoms with Gasteiger partial charge in [0.1, 0.15) is 18.3 Å². The van der Waals surface area contributed by atoms with E-state index in [0.29, 0.717) is 13.2 Å². The molecule has 0 spiro atoms. The maximum absolute atomic E-state index is 11.1. The summed E-state index contributed by atoms with van der Waals surface area (Å²) in [6, 6.07) is 0. The first-order valence-corrected chi connectivity index (χ1v) is 5.47. The first-order valence-electron chi connectivity index (χ1n) is 5.47. The Morgan fingerprint density at radius 3 is 2.41 bits per heavy atom.